The molecule has 1 aromatic rings. The van der Waals surface area contributed by atoms with Crippen molar-refractivity contribution in [3.63, 3.8) is 0 Å². The summed E-state index contributed by atoms with van der Waals surface area (Å²) in [5.41, 5.74) is 1.11. The molecule has 1 rings (SSSR count). The van der Waals surface area contributed by atoms with Gasteiger partial charge in [0.2, 0.25) is 0 Å². The maximum atomic E-state index is 13.1. The second kappa shape index (κ2) is 8.66. The topological polar surface area (TPSA) is 33.0 Å². The van der Waals surface area contributed by atoms with Crippen LogP contribution in [-0.2, 0) is 11.3 Å². The van der Waals surface area contributed by atoms with Crippen LogP contribution in [0.5, 0.6) is 0 Å². The summed E-state index contributed by atoms with van der Waals surface area (Å²) in [6.07, 6.45) is 6.03. The largest absolute Gasteiger partial charge is 0.374 e. The highest BCUT2D eigenvalue weighted by Gasteiger charge is 2.07. The van der Waals surface area contributed by atoms with Crippen LogP contribution >= 0.6 is 0 Å². The van der Waals surface area contributed by atoms with Crippen LogP contribution in [0, 0.1) is 17.1 Å². The monoisotopic (exact) mass is 263 g/mol. The summed E-state index contributed by atoms with van der Waals surface area (Å²) in [6.45, 7) is 4.51. The van der Waals surface area contributed by atoms with E-state index in [1.54, 1.807) is 0 Å². The number of hydrogen-bond acceptors (Lipinski definition) is 2. The fourth-order valence-corrected chi connectivity index (χ4v) is 1.96. The first-order valence-corrected chi connectivity index (χ1v) is 6.97. The maximum absolute atomic E-state index is 13.1. The number of hydrogen-bond donors (Lipinski definition) is 0. The first-order chi connectivity index (χ1) is 9.17. The Morgan fingerprint density at radius 1 is 1.32 bits per heavy atom. The van der Waals surface area contributed by atoms with E-state index in [1.165, 1.54) is 37.5 Å². The van der Waals surface area contributed by atoms with Gasteiger partial charge in [0.05, 0.1) is 24.3 Å². The number of unbranched alkanes of at least 4 members (excludes halogenated alkanes) is 3. The number of nitrogens with zero attached hydrogens (tertiary/aromatic N) is 1. The van der Waals surface area contributed by atoms with Gasteiger partial charge in [0, 0.05) is 0 Å². The molecule has 1 aromatic carbocycles. The lowest BCUT2D eigenvalue weighted by Gasteiger charge is -2.13. The van der Waals surface area contributed by atoms with Crippen LogP contribution in [0.1, 0.15) is 57.1 Å². The number of halogens is 1. The normalized spacial score (nSPS) is 12.1. The van der Waals surface area contributed by atoms with Gasteiger partial charge in [-0.25, -0.2) is 4.39 Å². The lowest BCUT2D eigenvalue weighted by Crippen LogP contribution is -2.09. The van der Waals surface area contributed by atoms with Crippen molar-refractivity contribution in [1.29, 1.82) is 5.26 Å². The van der Waals surface area contributed by atoms with Crippen molar-refractivity contribution in [2.75, 3.05) is 0 Å². The van der Waals surface area contributed by atoms with Crippen molar-refractivity contribution in [3.05, 3.63) is 35.1 Å². The molecule has 0 amide bonds. The molecule has 19 heavy (non-hydrogen) atoms. The molecule has 0 aromatic heterocycles. The van der Waals surface area contributed by atoms with Crippen LogP contribution < -0.4 is 0 Å². The SMILES string of the molecule is CCCCCCC(C)OCc1cc(F)ccc1C#N. The standard InChI is InChI=1S/C16H22FNO/c1-3-4-5-6-7-13(2)19-12-15-10-16(17)9-8-14(15)11-18/h8-10,13H,3-7,12H2,1-2H3. The van der Waals surface area contributed by atoms with Crippen LogP contribution in [-0.4, -0.2) is 6.10 Å². The molecule has 3 heteroatoms. The van der Waals surface area contributed by atoms with Crippen molar-refractivity contribution >= 4 is 0 Å². The fourth-order valence-electron chi connectivity index (χ4n) is 1.96. The van der Waals surface area contributed by atoms with Gasteiger partial charge in [-0.15, -0.1) is 0 Å². The highest BCUT2D eigenvalue weighted by molar-refractivity contribution is 5.37. The molecule has 2 nitrogen and oxygen atoms in total. The Labute approximate surface area is 115 Å². The molecule has 104 valence electrons. The van der Waals surface area contributed by atoms with Gasteiger partial charge < -0.3 is 4.74 Å². The summed E-state index contributed by atoms with van der Waals surface area (Å²) >= 11 is 0. The van der Waals surface area contributed by atoms with Crippen molar-refractivity contribution in [3.8, 4) is 6.07 Å². The van der Waals surface area contributed by atoms with Gasteiger partial charge in [-0.05, 0) is 37.1 Å². The Morgan fingerprint density at radius 3 is 2.79 bits per heavy atom. The van der Waals surface area contributed by atoms with Gasteiger partial charge in [-0.3, -0.25) is 0 Å². The van der Waals surface area contributed by atoms with E-state index < -0.39 is 0 Å². The molecule has 0 N–H and O–H groups in total. The summed E-state index contributed by atoms with van der Waals surface area (Å²) in [5.74, 6) is -0.326. The smallest absolute Gasteiger partial charge is 0.123 e. The Morgan fingerprint density at radius 2 is 2.11 bits per heavy atom. The molecule has 0 fully saturated rings. The molecule has 0 aliphatic rings. The van der Waals surface area contributed by atoms with Gasteiger partial charge in [-0.1, -0.05) is 32.6 Å². The molecule has 0 spiro atoms. The van der Waals surface area contributed by atoms with E-state index in [-0.39, 0.29) is 11.9 Å². The zero-order chi connectivity index (χ0) is 14.1. The van der Waals surface area contributed by atoms with E-state index in [0.717, 1.165) is 12.8 Å². The van der Waals surface area contributed by atoms with Crippen molar-refractivity contribution in [2.45, 2.75) is 58.7 Å². The highest BCUT2D eigenvalue weighted by Crippen LogP contribution is 2.14. The van der Waals surface area contributed by atoms with Crippen molar-refractivity contribution in [2.24, 2.45) is 0 Å². The van der Waals surface area contributed by atoms with E-state index in [0.29, 0.717) is 17.7 Å². The van der Waals surface area contributed by atoms with Gasteiger partial charge in [-0.2, -0.15) is 5.26 Å². The Kier molecular flexibility index (Phi) is 7.14. The predicted octanol–water partition coefficient (Wildman–Crippen LogP) is 4.57. The van der Waals surface area contributed by atoms with E-state index in [2.05, 4.69) is 13.0 Å². The Hall–Kier alpha value is -1.40. The molecule has 0 saturated heterocycles. The molecule has 1 atom stereocenters. The summed E-state index contributed by atoms with van der Waals surface area (Å²) < 4.78 is 18.8. The third kappa shape index (κ3) is 5.85. The van der Waals surface area contributed by atoms with E-state index in [4.69, 9.17) is 10.00 Å². The zero-order valence-corrected chi connectivity index (χ0v) is 11.8. The van der Waals surface area contributed by atoms with Crippen LogP contribution in [0.2, 0.25) is 0 Å². The first-order valence-electron chi connectivity index (χ1n) is 6.97. The van der Waals surface area contributed by atoms with Gasteiger partial charge in [0.1, 0.15) is 5.82 Å². The molecule has 0 aliphatic heterocycles. The molecule has 0 aliphatic carbocycles. The summed E-state index contributed by atoms with van der Waals surface area (Å²) in [4.78, 5) is 0. The Bertz CT molecular complexity index is 425. The maximum Gasteiger partial charge on any atom is 0.123 e. The van der Waals surface area contributed by atoms with Gasteiger partial charge in [0.15, 0.2) is 0 Å². The fraction of sp³-hybridized carbons (Fsp3) is 0.562. The minimum Gasteiger partial charge on any atom is -0.374 e. The van der Waals surface area contributed by atoms with Crippen LogP contribution in [0.15, 0.2) is 18.2 Å². The molecule has 0 bridgehead atoms. The van der Waals surface area contributed by atoms with Gasteiger partial charge >= 0.3 is 0 Å². The third-order valence-electron chi connectivity index (χ3n) is 3.18. The second-order valence-corrected chi connectivity index (χ2v) is 4.88. The molecule has 0 radical (unpaired) electrons. The number of rotatable bonds is 8. The summed E-state index contributed by atoms with van der Waals surface area (Å²) in [6, 6.07) is 6.24. The summed E-state index contributed by atoms with van der Waals surface area (Å²) in [5, 5.41) is 8.95. The van der Waals surface area contributed by atoms with Crippen LogP contribution in [0.25, 0.3) is 0 Å². The van der Waals surface area contributed by atoms with E-state index >= 15 is 0 Å². The molecular weight excluding hydrogens is 241 g/mol. The van der Waals surface area contributed by atoms with Crippen molar-refractivity contribution in [1.82, 2.24) is 0 Å². The van der Waals surface area contributed by atoms with Crippen molar-refractivity contribution < 1.29 is 9.13 Å². The quantitative estimate of drug-likeness (QED) is 0.643. The lowest BCUT2D eigenvalue weighted by molar-refractivity contribution is 0.0456. The zero-order valence-electron chi connectivity index (χ0n) is 11.8. The third-order valence-corrected chi connectivity index (χ3v) is 3.18. The number of ether oxygens (including phenoxy) is 1. The van der Waals surface area contributed by atoms with Gasteiger partial charge in [0.25, 0.3) is 0 Å². The molecule has 0 saturated carbocycles. The predicted molar refractivity (Wildman–Crippen MR) is 74.1 cm³/mol. The summed E-state index contributed by atoms with van der Waals surface area (Å²) in [7, 11) is 0. The molecule has 0 heterocycles. The molecule has 1 unspecified atom stereocenters. The molecular formula is C16H22FNO. The Balaban J connectivity index is 2.39. The van der Waals surface area contributed by atoms with Crippen LogP contribution in [0.4, 0.5) is 4.39 Å². The van der Waals surface area contributed by atoms with E-state index in [1.807, 2.05) is 6.92 Å². The lowest BCUT2D eigenvalue weighted by atomic mass is 10.1. The van der Waals surface area contributed by atoms with E-state index in [9.17, 15) is 4.39 Å². The number of benzene rings is 1. The first kappa shape index (κ1) is 15.7. The minimum atomic E-state index is -0.326. The minimum absolute atomic E-state index is 0.145. The van der Waals surface area contributed by atoms with Crippen LogP contribution in [0.3, 0.4) is 0 Å². The average molecular weight is 263 g/mol. The number of nitriles is 1. The average Bonchev–Trinajstić information content (AvgIpc) is 2.41. The highest BCUT2D eigenvalue weighted by atomic mass is 19.1. The second-order valence-electron chi connectivity index (χ2n) is 4.88.